The van der Waals surface area contributed by atoms with Crippen LogP contribution in [0.2, 0.25) is 0 Å². The quantitative estimate of drug-likeness (QED) is 0.570. The third kappa shape index (κ3) is 5.45. The maximum absolute atomic E-state index is 13.9. The smallest absolute Gasteiger partial charge is 0.165 e. The predicted octanol–water partition coefficient (Wildman–Crippen LogP) is 4.67. The first-order valence-corrected chi connectivity index (χ1v) is 9.36. The molecule has 0 aliphatic rings. The topological polar surface area (TPSA) is 52.6 Å². The SMILES string of the molecule is COc1ccc(C(C)NCc2ccc(OC)c(OCc3cccnc3)c2)cc1F. The Morgan fingerprint density at radius 3 is 2.45 bits per heavy atom. The minimum atomic E-state index is -0.366. The van der Waals surface area contributed by atoms with Crippen LogP contribution in [0.15, 0.2) is 60.9 Å². The van der Waals surface area contributed by atoms with Crippen molar-refractivity contribution in [2.45, 2.75) is 26.1 Å². The van der Waals surface area contributed by atoms with Gasteiger partial charge in [-0.05, 0) is 48.4 Å². The molecule has 0 saturated carbocycles. The number of nitrogens with zero attached hydrogens (tertiary/aromatic N) is 1. The van der Waals surface area contributed by atoms with Crippen LogP contribution in [0.1, 0.15) is 29.7 Å². The number of hydrogen-bond donors (Lipinski definition) is 1. The van der Waals surface area contributed by atoms with Gasteiger partial charge in [0.05, 0.1) is 14.2 Å². The second-order valence-corrected chi connectivity index (χ2v) is 6.63. The summed E-state index contributed by atoms with van der Waals surface area (Å²) in [5.74, 6) is 1.21. The number of hydrogen-bond acceptors (Lipinski definition) is 5. The summed E-state index contributed by atoms with van der Waals surface area (Å²) >= 11 is 0. The molecule has 0 radical (unpaired) electrons. The van der Waals surface area contributed by atoms with E-state index in [4.69, 9.17) is 14.2 Å². The summed E-state index contributed by atoms with van der Waals surface area (Å²) in [6, 6.07) is 14.6. The number of halogens is 1. The molecule has 1 aromatic heterocycles. The molecule has 1 heterocycles. The van der Waals surface area contributed by atoms with Crippen molar-refractivity contribution in [2.75, 3.05) is 14.2 Å². The highest BCUT2D eigenvalue weighted by Gasteiger charge is 2.11. The molecule has 3 aromatic rings. The lowest BCUT2D eigenvalue weighted by atomic mass is 10.1. The van der Waals surface area contributed by atoms with Gasteiger partial charge in [-0.1, -0.05) is 18.2 Å². The highest BCUT2D eigenvalue weighted by Crippen LogP contribution is 2.29. The Morgan fingerprint density at radius 1 is 0.966 bits per heavy atom. The summed E-state index contributed by atoms with van der Waals surface area (Å²) < 4.78 is 30.3. The van der Waals surface area contributed by atoms with Crippen LogP contribution in [0.5, 0.6) is 17.2 Å². The second-order valence-electron chi connectivity index (χ2n) is 6.63. The Hall–Kier alpha value is -3.12. The molecular formula is C23H25FN2O3. The van der Waals surface area contributed by atoms with Crippen LogP contribution in [0, 0.1) is 5.82 Å². The van der Waals surface area contributed by atoms with Crippen LogP contribution < -0.4 is 19.5 Å². The van der Waals surface area contributed by atoms with Crippen LogP contribution in [-0.2, 0) is 13.2 Å². The average Bonchev–Trinajstić information content (AvgIpc) is 2.76. The van der Waals surface area contributed by atoms with E-state index in [1.807, 2.05) is 43.3 Å². The summed E-state index contributed by atoms with van der Waals surface area (Å²) in [6.07, 6.45) is 3.50. The maximum Gasteiger partial charge on any atom is 0.165 e. The van der Waals surface area contributed by atoms with Crippen molar-refractivity contribution in [3.05, 3.63) is 83.4 Å². The number of ether oxygens (including phenoxy) is 3. The number of pyridine rings is 1. The fourth-order valence-electron chi connectivity index (χ4n) is 2.93. The van der Waals surface area contributed by atoms with Gasteiger partial charge in [0.1, 0.15) is 6.61 Å². The first-order valence-electron chi connectivity index (χ1n) is 9.36. The summed E-state index contributed by atoms with van der Waals surface area (Å²) in [7, 11) is 3.07. The van der Waals surface area contributed by atoms with Gasteiger partial charge in [0.2, 0.25) is 0 Å². The zero-order valence-electron chi connectivity index (χ0n) is 16.8. The zero-order valence-corrected chi connectivity index (χ0v) is 16.8. The molecule has 0 saturated heterocycles. The minimum absolute atomic E-state index is 0.0303. The summed E-state index contributed by atoms with van der Waals surface area (Å²) in [5.41, 5.74) is 2.87. The molecule has 152 valence electrons. The van der Waals surface area contributed by atoms with Gasteiger partial charge in [-0.15, -0.1) is 0 Å². The van der Waals surface area contributed by atoms with Crippen molar-refractivity contribution < 1.29 is 18.6 Å². The van der Waals surface area contributed by atoms with Gasteiger partial charge in [-0.3, -0.25) is 4.98 Å². The monoisotopic (exact) mass is 396 g/mol. The van der Waals surface area contributed by atoms with Crippen molar-refractivity contribution in [3.63, 3.8) is 0 Å². The van der Waals surface area contributed by atoms with Crippen LogP contribution in [0.4, 0.5) is 4.39 Å². The molecule has 5 nitrogen and oxygen atoms in total. The van der Waals surface area contributed by atoms with E-state index in [1.54, 1.807) is 25.6 Å². The van der Waals surface area contributed by atoms with Crippen LogP contribution in [0.3, 0.4) is 0 Å². The van der Waals surface area contributed by atoms with Gasteiger partial charge in [0, 0.05) is 30.5 Å². The number of nitrogens with one attached hydrogen (secondary N) is 1. The van der Waals surface area contributed by atoms with Crippen molar-refractivity contribution in [1.82, 2.24) is 10.3 Å². The van der Waals surface area contributed by atoms with Gasteiger partial charge in [0.25, 0.3) is 0 Å². The summed E-state index contributed by atoms with van der Waals surface area (Å²) in [4.78, 5) is 4.10. The van der Waals surface area contributed by atoms with E-state index in [2.05, 4.69) is 10.3 Å². The molecule has 0 aliphatic heterocycles. The molecule has 0 spiro atoms. The van der Waals surface area contributed by atoms with E-state index in [0.717, 1.165) is 16.7 Å². The molecule has 0 bridgehead atoms. The first kappa shape index (κ1) is 20.6. The molecule has 1 N–H and O–H groups in total. The number of aromatic nitrogens is 1. The molecule has 0 aliphatic carbocycles. The largest absolute Gasteiger partial charge is 0.494 e. The molecular weight excluding hydrogens is 371 g/mol. The molecule has 0 fully saturated rings. The highest BCUT2D eigenvalue weighted by molar-refractivity contribution is 5.43. The van der Waals surface area contributed by atoms with E-state index < -0.39 is 0 Å². The van der Waals surface area contributed by atoms with Crippen LogP contribution >= 0.6 is 0 Å². The standard InChI is InChI=1S/C23H25FN2O3/c1-16(19-7-9-21(27-2)20(24)12-19)26-14-17-6-8-22(28-3)23(11-17)29-15-18-5-4-10-25-13-18/h4-13,16,26H,14-15H2,1-3H3. The molecule has 29 heavy (non-hydrogen) atoms. The Morgan fingerprint density at radius 2 is 1.76 bits per heavy atom. The fourth-order valence-corrected chi connectivity index (χ4v) is 2.93. The molecule has 2 aromatic carbocycles. The Balaban J connectivity index is 1.65. The Kier molecular flexibility index (Phi) is 7.03. The minimum Gasteiger partial charge on any atom is -0.494 e. The van der Waals surface area contributed by atoms with Crippen molar-refractivity contribution in [2.24, 2.45) is 0 Å². The third-order valence-corrected chi connectivity index (χ3v) is 4.63. The number of rotatable bonds is 9. The number of benzene rings is 2. The lowest BCUT2D eigenvalue weighted by molar-refractivity contribution is 0.283. The lowest BCUT2D eigenvalue weighted by Gasteiger charge is -2.17. The van der Waals surface area contributed by atoms with Crippen molar-refractivity contribution >= 4 is 0 Å². The van der Waals surface area contributed by atoms with Crippen molar-refractivity contribution in [1.29, 1.82) is 0 Å². The Bertz CT molecular complexity index is 935. The summed E-state index contributed by atoms with van der Waals surface area (Å²) in [5, 5.41) is 3.40. The zero-order chi connectivity index (χ0) is 20.6. The van der Waals surface area contributed by atoms with E-state index >= 15 is 0 Å². The first-order chi connectivity index (χ1) is 14.1. The fraction of sp³-hybridized carbons (Fsp3) is 0.261. The molecule has 1 atom stereocenters. The Labute approximate surface area is 170 Å². The molecule has 3 rings (SSSR count). The van der Waals surface area contributed by atoms with Gasteiger partial charge in [-0.2, -0.15) is 0 Å². The van der Waals surface area contributed by atoms with Gasteiger partial charge in [0.15, 0.2) is 23.1 Å². The average molecular weight is 396 g/mol. The third-order valence-electron chi connectivity index (χ3n) is 4.63. The van der Waals surface area contributed by atoms with E-state index in [1.165, 1.54) is 13.2 Å². The molecule has 1 unspecified atom stereocenters. The number of methoxy groups -OCH3 is 2. The maximum atomic E-state index is 13.9. The van der Waals surface area contributed by atoms with Crippen molar-refractivity contribution in [3.8, 4) is 17.2 Å². The summed E-state index contributed by atoms with van der Waals surface area (Å²) in [6.45, 7) is 3.00. The van der Waals surface area contributed by atoms with Gasteiger partial charge in [-0.25, -0.2) is 4.39 Å². The van der Waals surface area contributed by atoms with Gasteiger partial charge < -0.3 is 19.5 Å². The predicted molar refractivity (Wildman–Crippen MR) is 110 cm³/mol. The van der Waals surface area contributed by atoms with E-state index in [9.17, 15) is 4.39 Å². The van der Waals surface area contributed by atoms with Crippen LogP contribution in [0.25, 0.3) is 0 Å². The molecule has 0 amide bonds. The molecule has 6 heteroatoms. The lowest BCUT2D eigenvalue weighted by Crippen LogP contribution is -2.18. The van der Waals surface area contributed by atoms with Gasteiger partial charge >= 0.3 is 0 Å². The highest BCUT2D eigenvalue weighted by atomic mass is 19.1. The van der Waals surface area contributed by atoms with Crippen LogP contribution in [-0.4, -0.2) is 19.2 Å². The second kappa shape index (κ2) is 9.89. The normalized spacial score (nSPS) is 11.7. The van der Waals surface area contributed by atoms with E-state index in [-0.39, 0.29) is 17.6 Å². The van der Waals surface area contributed by atoms with E-state index in [0.29, 0.717) is 24.7 Å².